The molecule has 1 aromatic carbocycles. The quantitative estimate of drug-likeness (QED) is 0.764. The van der Waals surface area contributed by atoms with Crippen molar-refractivity contribution in [1.82, 2.24) is 10.2 Å². The van der Waals surface area contributed by atoms with Gasteiger partial charge in [0.25, 0.3) is 0 Å². The van der Waals surface area contributed by atoms with Crippen LogP contribution < -0.4 is 5.32 Å². The van der Waals surface area contributed by atoms with Crippen molar-refractivity contribution in [3.8, 4) is 0 Å². The van der Waals surface area contributed by atoms with Gasteiger partial charge in [-0.2, -0.15) is 0 Å². The summed E-state index contributed by atoms with van der Waals surface area (Å²) in [7, 11) is 0. The molecular weight excluding hydrogens is 328 g/mol. The number of nitrogens with zero attached hydrogens (tertiary/aromatic N) is 1. The molecule has 0 saturated carbocycles. The monoisotopic (exact) mass is 356 g/mol. The number of hydrogen-bond donors (Lipinski definition) is 1. The number of carbonyl (C=O) groups is 2. The maximum Gasteiger partial charge on any atom is 0.248 e. The van der Waals surface area contributed by atoms with Gasteiger partial charge in [-0.05, 0) is 37.7 Å². The Morgan fingerprint density at radius 1 is 1.23 bits per heavy atom. The van der Waals surface area contributed by atoms with Crippen LogP contribution in [0.5, 0.6) is 0 Å². The lowest BCUT2D eigenvalue weighted by molar-refractivity contribution is -0.148. The fraction of sp³-hybridized carbons (Fsp3) is 0.524. The van der Waals surface area contributed by atoms with Gasteiger partial charge in [-0.25, -0.2) is 0 Å². The Labute approximate surface area is 155 Å². The van der Waals surface area contributed by atoms with Crippen LogP contribution in [0.25, 0.3) is 0 Å². The van der Waals surface area contributed by atoms with Crippen molar-refractivity contribution in [2.45, 2.75) is 44.6 Å². The summed E-state index contributed by atoms with van der Waals surface area (Å²) in [5.74, 6) is 0.0744. The highest BCUT2D eigenvalue weighted by Crippen LogP contribution is 2.19. The Bertz CT molecular complexity index is 642. The van der Waals surface area contributed by atoms with Crippen LogP contribution in [0.4, 0.5) is 0 Å². The normalized spacial score (nSPS) is 20.6. The number of nitrogens with one attached hydrogen (secondary N) is 1. The van der Waals surface area contributed by atoms with Crippen molar-refractivity contribution in [3.63, 3.8) is 0 Å². The molecule has 1 aromatic rings. The zero-order chi connectivity index (χ0) is 18.2. The fourth-order valence-electron chi connectivity index (χ4n) is 3.49. The lowest BCUT2D eigenvalue weighted by Gasteiger charge is -2.33. The summed E-state index contributed by atoms with van der Waals surface area (Å²) in [5, 5.41) is 2.97. The third-order valence-electron chi connectivity index (χ3n) is 5.03. The molecule has 5 nitrogen and oxygen atoms in total. The van der Waals surface area contributed by atoms with Crippen molar-refractivity contribution in [3.05, 3.63) is 47.5 Å². The highest BCUT2D eigenvalue weighted by Gasteiger charge is 2.26. The van der Waals surface area contributed by atoms with Gasteiger partial charge >= 0.3 is 0 Å². The minimum atomic E-state index is -0.132. The molecule has 1 unspecified atom stereocenters. The summed E-state index contributed by atoms with van der Waals surface area (Å²) in [6.07, 6.45) is 7.93. The first kappa shape index (κ1) is 18.6. The van der Waals surface area contributed by atoms with Crippen LogP contribution in [-0.4, -0.2) is 49.1 Å². The van der Waals surface area contributed by atoms with E-state index in [0.717, 1.165) is 19.3 Å². The van der Waals surface area contributed by atoms with Crippen LogP contribution in [0.2, 0.25) is 0 Å². The second kappa shape index (κ2) is 9.53. The number of morpholine rings is 1. The van der Waals surface area contributed by atoms with E-state index < -0.39 is 0 Å². The minimum absolute atomic E-state index is 0.0240. The zero-order valence-electron chi connectivity index (χ0n) is 15.3. The third-order valence-corrected chi connectivity index (χ3v) is 5.03. The van der Waals surface area contributed by atoms with Gasteiger partial charge in [0.2, 0.25) is 11.8 Å². The van der Waals surface area contributed by atoms with E-state index in [4.69, 9.17) is 4.74 Å². The van der Waals surface area contributed by atoms with Crippen LogP contribution in [0.15, 0.2) is 42.0 Å². The molecule has 3 rings (SSSR count). The van der Waals surface area contributed by atoms with Crippen LogP contribution >= 0.6 is 0 Å². The van der Waals surface area contributed by atoms with Crippen molar-refractivity contribution in [2.75, 3.05) is 26.2 Å². The fourth-order valence-corrected chi connectivity index (χ4v) is 3.49. The second-order valence-electron chi connectivity index (χ2n) is 7.10. The number of amides is 2. The van der Waals surface area contributed by atoms with Crippen molar-refractivity contribution >= 4 is 11.8 Å². The molecule has 1 aliphatic carbocycles. The first-order valence-corrected chi connectivity index (χ1v) is 9.58. The lowest BCUT2D eigenvalue weighted by Crippen LogP contribution is -2.51. The molecule has 1 aliphatic heterocycles. The van der Waals surface area contributed by atoms with Crippen LogP contribution in [0.3, 0.4) is 0 Å². The van der Waals surface area contributed by atoms with E-state index in [0.29, 0.717) is 26.1 Å². The van der Waals surface area contributed by atoms with Gasteiger partial charge in [0.1, 0.15) is 6.61 Å². The summed E-state index contributed by atoms with van der Waals surface area (Å²) < 4.78 is 5.59. The van der Waals surface area contributed by atoms with Crippen molar-refractivity contribution in [1.29, 1.82) is 0 Å². The third kappa shape index (κ3) is 5.70. The van der Waals surface area contributed by atoms with E-state index in [-0.39, 0.29) is 24.5 Å². The largest absolute Gasteiger partial charge is 0.365 e. The van der Waals surface area contributed by atoms with E-state index in [9.17, 15) is 9.59 Å². The molecule has 2 aliphatic rings. The van der Waals surface area contributed by atoms with Gasteiger partial charge in [0.05, 0.1) is 6.10 Å². The number of rotatable bonds is 7. The molecule has 1 saturated heterocycles. The summed E-state index contributed by atoms with van der Waals surface area (Å²) in [6, 6.07) is 10.2. The highest BCUT2D eigenvalue weighted by atomic mass is 16.5. The lowest BCUT2D eigenvalue weighted by atomic mass is 9.97. The Balaban J connectivity index is 1.41. The average molecular weight is 356 g/mol. The molecular formula is C21H28N2O3. The maximum atomic E-state index is 12.1. The SMILES string of the molecule is O=C(CC1=CCCCC1)NCC1CN(CCc2ccccc2)C(=O)CO1. The van der Waals surface area contributed by atoms with E-state index in [2.05, 4.69) is 23.5 Å². The molecule has 1 N–H and O–H groups in total. The minimum Gasteiger partial charge on any atom is -0.365 e. The van der Waals surface area contributed by atoms with Gasteiger partial charge in [-0.1, -0.05) is 42.0 Å². The van der Waals surface area contributed by atoms with Crippen molar-refractivity contribution < 1.29 is 14.3 Å². The molecule has 140 valence electrons. The molecule has 0 spiro atoms. The van der Waals surface area contributed by atoms with Gasteiger partial charge in [-0.3, -0.25) is 9.59 Å². The second-order valence-corrected chi connectivity index (χ2v) is 7.10. The Morgan fingerprint density at radius 2 is 2.08 bits per heavy atom. The molecule has 26 heavy (non-hydrogen) atoms. The van der Waals surface area contributed by atoms with E-state index >= 15 is 0 Å². The predicted octanol–water partition coefficient (Wildman–Crippen LogP) is 2.46. The predicted molar refractivity (Wildman–Crippen MR) is 101 cm³/mol. The Hall–Kier alpha value is -2.14. The van der Waals surface area contributed by atoms with Gasteiger partial charge in [-0.15, -0.1) is 0 Å². The van der Waals surface area contributed by atoms with E-state index in [1.807, 2.05) is 23.1 Å². The summed E-state index contributed by atoms with van der Waals surface area (Å²) in [6.45, 7) is 1.78. The first-order chi connectivity index (χ1) is 12.7. The highest BCUT2D eigenvalue weighted by molar-refractivity contribution is 5.79. The molecule has 0 aromatic heterocycles. The first-order valence-electron chi connectivity index (χ1n) is 9.58. The number of carbonyl (C=O) groups excluding carboxylic acids is 2. The van der Waals surface area contributed by atoms with E-state index in [1.165, 1.54) is 24.0 Å². The smallest absolute Gasteiger partial charge is 0.248 e. The topological polar surface area (TPSA) is 58.6 Å². The number of benzene rings is 1. The van der Waals surface area contributed by atoms with Crippen molar-refractivity contribution in [2.24, 2.45) is 0 Å². The molecule has 0 bridgehead atoms. The Morgan fingerprint density at radius 3 is 2.85 bits per heavy atom. The molecule has 1 fully saturated rings. The Kier molecular flexibility index (Phi) is 6.83. The summed E-state index contributed by atoms with van der Waals surface area (Å²) in [5.41, 5.74) is 2.47. The number of hydrogen-bond acceptors (Lipinski definition) is 3. The van der Waals surface area contributed by atoms with E-state index in [1.54, 1.807) is 0 Å². The standard InChI is InChI=1S/C21H28N2O3/c24-20(13-18-9-5-2-6-10-18)22-14-19-15-23(21(25)16-26-19)12-11-17-7-3-1-4-8-17/h1,3-4,7-9,19H,2,5-6,10-16H2,(H,22,24). The number of allylic oxidation sites excluding steroid dienone is 1. The van der Waals surface area contributed by atoms with Gasteiger partial charge < -0.3 is 15.0 Å². The van der Waals surface area contributed by atoms with Crippen LogP contribution in [-0.2, 0) is 20.7 Å². The molecule has 2 amide bonds. The summed E-state index contributed by atoms with van der Waals surface area (Å²) in [4.78, 5) is 26.0. The number of ether oxygens (including phenoxy) is 1. The molecule has 0 radical (unpaired) electrons. The average Bonchev–Trinajstić information content (AvgIpc) is 2.68. The zero-order valence-corrected chi connectivity index (χ0v) is 15.3. The van der Waals surface area contributed by atoms with Crippen LogP contribution in [0, 0.1) is 0 Å². The molecule has 1 atom stereocenters. The molecule has 1 heterocycles. The maximum absolute atomic E-state index is 12.1. The van der Waals surface area contributed by atoms with Gasteiger partial charge in [0.15, 0.2) is 0 Å². The van der Waals surface area contributed by atoms with Crippen LogP contribution in [0.1, 0.15) is 37.7 Å². The molecule has 5 heteroatoms. The van der Waals surface area contributed by atoms with Gasteiger partial charge in [0, 0.05) is 26.1 Å². The summed E-state index contributed by atoms with van der Waals surface area (Å²) >= 11 is 0.